The highest BCUT2D eigenvalue weighted by Gasteiger charge is 2.11. The van der Waals surface area contributed by atoms with Crippen molar-refractivity contribution in [3.63, 3.8) is 0 Å². The smallest absolute Gasteiger partial charge is 0.207 e. The molecule has 0 bridgehead atoms. The lowest BCUT2D eigenvalue weighted by atomic mass is 10.2. The Bertz CT molecular complexity index is 754. The zero-order chi connectivity index (χ0) is 15.5. The molecule has 0 amide bonds. The molecular formula is C14H12BrFN2O2S. The lowest BCUT2D eigenvalue weighted by Crippen LogP contribution is -2.18. The highest BCUT2D eigenvalue weighted by Crippen LogP contribution is 2.14. The van der Waals surface area contributed by atoms with Gasteiger partial charge in [-0.1, -0.05) is 33.6 Å². The maximum absolute atomic E-state index is 13.2. The van der Waals surface area contributed by atoms with Crippen molar-refractivity contribution < 1.29 is 12.8 Å². The number of benzene rings is 2. The van der Waals surface area contributed by atoms with Crippen molar-refractivity contribution in [1.82, 2.24) is 4.83 Å². The number of nitrogens with one attached hydrogen (secondary N) is 1. The lowest BCUT2D eigenvalue weighted by molar-refractivity contribution is 0.584. The molecule has 4 nitrogen and oxygen atoms in total. The molecule has 0 atom stereocenters. The van der Waals surface area contributed by atoms with Crippen LogP contribution in [0.3, 0.4) is 0 Å². The van der Waals surface area contributed by atoms with Crippen LogP contribution in [-0.2, 0) is 10.0 Å². The molecular weight excluding hydrogens is 359 g/mol. The van der Waals surface area contributed by atoms with Gasteiger partial charge in [0.25, 0.3) is 10.0 Å². The topological polar surface area (TPSA) is 58.5 Å². The fraction of sp³-hybridized carbons (Fsp3) is 0.0714. The number of sulfonamides is 1. The molecule has 0 saturated heterocycles. The molecule has 110 valence electrons. The van der Waals surface area contributed by atoms with Crippen LogP contribution in [0.1, 0.15) is 11.1 Å². The van der Waals surface area contributed by atoms with Gasteiger partial charge in [-0.15, -0.1) is 0 Å². The Labute approximate surface area is 130 Å². The molecule has 0 aliphatic heterocycles. The van der Waals surface area contributed by atoms with E-state index in [-0.39, 0.29) is 4.90 Å². The highest BCUT2D eigenvalue weighted by molar-refractivity contribution is 9.10. The molecule has 0 spiro atoms. The predicted molar refractivity (Wildman–Crippen MR) is 83.2 cm³/mol. The van der Waals surface area contributed by atoms with Crippen LogP contribution in [0.5, 0.6) is 0 Å². The Hall–Kier alpha value is -1.73. The monoisotopic (exact) mass is 370 g/mol. The predicted octanol–water partition coefficient (Wildman–Crippen LogP) is 3.21. The minimum absolute atomic E-state index is 0.116. The molecule has 2 rings (SSSR count). The van der Waals surface area contributed by atoms with Gasteiger partial charge in [0.2, 0.25) is 0 Å². The number of nitrogens with zero attached hydrogens (tertiary/aromatic N) is 1. The number of rotatable bonds is 4. The summed E-state index contributed by atoms with van der Waals surface area (Å²) in [5, 5.41) is 3.64. The second-order valence-corrected chi connectivity index (χ2v) is 6.95. The Kier molecular flexibility index (Phi) is 4.74. The first-order valence-corrected chi connectivity index (χ1v) is 8.22. The zero-order valence-corrected chi connectivity index (χ0v) is 13.4. The van der Waals surface area contributed by atoms with E-state index >= 15 is 0 Å². The molecule has 0 unspecified atom stereocenters. The second kappa shape index (κ2) is 6.36. The molecule has 0 aliphatic rings. The molecule has 2 aromatic rings. The Morgan fingerprint density at radius 1 is 1.19 bits per heavy atom. The minimum Gasteiger partial charge on any atom is -0.207 e. The van der Waals surface area contributed by atoms with E-state index in [0.29, 0.717) is 10.0 Å². The summed E-state index contributed by atoms with van der Waals surface area (Å²) in [6.07, 6.45) is 1.24. The van der Waals surface area contributed by atoms with E-state index in [4.69, 9.17) is 0 Å². The van der Waals surface area contributed by atoms with Crippen molar-refractivity contribution >= 4 is 32.2 Å². The molecule has 1 N–H and O–H groups in total. The second-order valence-electron chi connectivity index (χ2n) is 4.37. The van der Waals surface area contributed by atoms with Crippen molar-refractivity contribution in [2.24, 2.45) is 5.10 Å². The van der Waals surface area contributed by atoms with E-state index in [1.165, 1.54) is 30.5 Å². The van der Waals surface area contributed by atoms with Crippen molar-refractivity contribution in [2.45, 2.75) is 11.8 Å². The number of aryl methyl sites for hydroxylation is 1. The third-order valence-electron chi connectivity index (χ3n) is 2.60. The molecule has 2 aromatic carbocycles. The third-order valence-corrected chi connectivity index (χ3v) is 4.30. The summed E-state index contributed by atoms with van der Waals surface area (Å²) in [6, 6.07) is 10.5. The van der Waals surface area contributed by atoms with Crippen molar-refractivity contribution in [1.29, 1.82) is 0 Å². The summed E-state index contributed by atoms with van der Waals surface area (Å²) in [7, 11) is -3.72. The van der Waals surface area contributed by atoms with E-state index < -0.39 is 15.8 Å². The van der Waals surface area contributed by atoms with Gasteiger partial charge < -0.3 is 0 Å². The van der Waals surface area contributed by atoms with E-state index in [1.54, 1.807) is 18.2 Å². The minimum atomic E-state index is -3.72. The van der Waals surface area contributed by atoms with Gasteiger partial charge in [-0.05, 0) is 42.8 Å². The van der Waals surface area contributed by atoms with Gasteiger partial charge in [-0.2, -0.15) is 13.5 Å². The van der Waals surface area contributed by atoms with Gasteiger partial charge in [0.15, 0.2) is 0 Å². The van der Waals surface area contributed by atoms with Gasteiger partial charge >= 0.3 is 0 Å². The molecule has 0 fully saturated rings. The van der Waals surface area contributed by atoms with Crippen LogP contribution in [0.2, 0.25) is 0 Å². The first-order valence-electron chi connectivity index (χ1n) is 5.94. The summed E-state index contributed by atoms with van der Waals surface area (Å²) in [6.45, 7) is 1.86. The van der Waals surface area contributed by atoms with E-state index in [1.807, 2.05) is 6.92 Å². The van der Waals surface area contributed by atoms with Crippen LogP contribution in [0, 0.1) is 12.7 Å². The van der Waals surface area contributed by atoms with Crippen LogP contribution >= 0.6 is 15.9 Å². The van der Waals surface area contributed by atoms with Crippen LogP contribution < -0.4 is 4.83 Å². The van der Waals surface area contributed by atoms with Crippen molar-refractivity contribution in [3.05, 3.63) is 63.9 Å². The van der Waals surface area contributed by atoms with Gasteiger partial charge in [-0.25, -0.2) is 9.22 Å². The first-order chi connectivity index (χ1) is 9.87. The Morgan fingerprint density at radius 2 is 1.86 bits per heavy atom. The molecule has 0 saturated carbocycles. The molecule has 21 heavy (non-hydrogen) atoms. The summed E-state index contributed by atoms with van der Waals surface area (Å²) < 4.78 is 37.6. The Morgan fingerprint density at radius 3 is 2.48 bits per heavy atom. The van der Waals surface area contributed by atoms with Crippen LogP contribution in [0.15, 0.2) is 56.9 Å². The first kappa shape index (κ1) is 15.7. The maximum atomic E-state index is 13.2. The van der Waals surface area contributed by atoms with E-state index in [0.717, 1.165) is 5.56 Å². The normalized spacial score (nSPS) is 11.8. The quantitative estimate of drug-likeness (QED) is 0.663. The Balaban J connectivity index is 2.14. The SMILES string of the molecule is Cc1ccc(S(=O)(=O)NN=Cc2cc(F)cc(Br)c2)cc1. The summed E-state index contributed by atoms with van der Waals surface area (Å²) >= 11 is 3.15. The number of halogens is 2. The van der Waals surface area contributed by atoms with Gasteiger partial charge in [0, 0.05) is 4.47 Å². The van der Waals surface area contributed by atoms with Crippen molar-refractivity contribution in [3.8, 4) is 0 Å². The van der Waals surface area contributed by atoms with Crippen LogP contribution in [0.25, 0.3) is 0 Å². The number of hydrazone groups is 1. The van der Waals surface area contributed by atoms with Crippen molar-refractivity contribution in [2.75, 3.05) is 0 Å². The van der Waals surface area contributed by atoms with Gasteiger partial charge in [0.1, 0.15) is 5.82 Å². The fourth-order valence-electron chi connectivity index (χ4n) is 1.59. The lowest BCUT2D eigenvalue weighted by Gasteiger charge is -2.03. The average molecular weight is 371 g/mol. The molecule has 0 aliphatic carbocycles. The maximum Gasteiger partial charge on any atom is 0.276 e. The summed E-state index contributed by atoms with van der Waals surface area (Å²) in [5.74, 6) is -0.438. The van der Waals surface area contributed by atoms with Gasteiger partial charge in [-0.3, -0.25) is 0 Å². The summed E-state index contributed by atoms with van der Waals surface area (Å²) in [4.78, 5) is 2.20. The van der Waals surface area contributed by atoms with Crippen LogP contribution in [0.4, 0.5) is 4.39 Å². The number of hydrogen-bond acceptors (Lipinski definition) is 3. The zero-order valence-electron chi connectivity index (χ0n) is 11.0. The van der Waals surface area contributed by atoms with E-state index in [9.17, 15) is 12.8 Å². The molecule has 0 aromatic heterocycles. The molecule has 0 heterocycles. The van der Waals surface area contributed by atoms with Gasteiger partial charge in [0.05, 0.1) is 11.1 Å². The molecule has 7 heteroatoms. The van der Waals surface area contributed by atoms with Crippen LogP contribution in [-0.4, -0.2) is 14.6 Å². The number of hydrogen-bond donors (Lipinski definition) is 1. The largest absolute Gasteiger partial charge is 0.276 e. The highest BCUT2D eigenvalue weighted by atomic mass is 79.9. The summed E-state index contributed by atoms with van der Waals surface area (Å²) in [5.41, 5.74) is 1.40. The third kappa shape index (κ3) is 4.37. The standard InChI is InChI=1S/C14H12BrFN2O2S/c1-10-2-4-14(5-3-10)21(19,20)18-17-9-11-6-12(15)8-13(16)7-11/h2-9,18H,1H3. The fourth-order valence-corrected chi connectivity index (χ4v) is 2.86. The van der Waals surface area contributed by atoms with E-state index in [2.05, 4.69) is 25.9 Å². The molecule has 0 radical (unpaired) electrons. The average Bonchev–Trinajstić information content (AvgIpc) is 2.37.